The van der Waals surface area contributed by atoms with Crippen LogP contribution in [0.15, 0.2) is 30.3 Å². The van der Waals surface area contributed by atoms with Gasteiger partial charge in [-0.05, 0) is 23.8 Å². The third-order valence-corrected chi connectivity index (χ3v) is 1.30. The predicted octanol–water partition coefficient (Wildman–Crippen LogP) is 1.65. The standard InChI is InChI=1S/C9H7FNO/c10-8-4-1-7(2-5-8)3-6-9(11)12/h1-6,11H. The first kappa shape index (κ1) is 8.46. The molecule has 2 nitrogen and oxygen atoms in total. The number of hydrogen-bond acceptors (Lipinski definition) is 1. The van der Waals surface area contributed by atoms with E-state index in [1.165, 1.54) is 30.3 Å². The molecule has 0 saturated heterocycles. The summed E-state index contributed by atoms with van der Waals surface area (Å²) in [5.41, 5.74) is 7.27. The second-order valence-corrected chi connectivity index (χ2v) is 2.25. The molecular weight excluding hydrogens is 157 g/mol. The molecule has 12 heavy (non-hydrogen) atoms. The third-order valence-electron chi connectivity index (χ3n) is 1.30. The van der Waals surface area contributed by atoms with Gasteiger partial charge in [-0.2, -0.15) is 0 Å². The third kappa shape index (κ3) is 2.54. The maximum Gasteiger partial charge on any atom is 0.262 e. The first-order valence-electron chi connectivity index (χ1n) is 3.38. The number of rotatable bonds is 2. The zero-order valence-corrected chi connectivity index (χ0v) is 6.25. The van der Waals surface area contributed by atoms with Crippen molar-refractivity contribution in [3.63, 3.8) is 0 Å². The molecule has 0 saturated carbocycles. The highest BCUT2D eigenvalue weighted by Gasteiger charge is 1.89. The largest absolute Gasteiger partial charge is 0.268 e. The molecule has 3 heteroatoms. The number of carbonyl (C=O) groups is 1. The molecule has 1 aromatic rings. The van der Waals surface area contributed by atoms with Gasteiger partial charge in [-0.25, -0.2) is 4.39 Å². The van der Waals surface area contributed by atoms with Gasteiger partial charge in [0.15, 0.2) is 0 Å². The molecule has 0 bridgehead atoms. The van der Waals surface area contributed by atoms with Crippen LogP contribution in [0.5, 0.6) is 0 Å². The minimum Gasteiger partial charge on any atom is -0.268 e. The van der Waals surface area contributed by atoms with Crippen molar-refractivity contribution in [3.05, 3.63) is 41.7 Å². The maximum absolute atomic E-state index is 12.4. The molecular formula is C9H7FNO. The summed E-state index contributed by atoms with van der Waals surface area (Å²) in [4.78, 5) is 10.2. The highest BCUT2D eigenvalue weighted by Crippen LogP contribution is 2.03. The lowest BCUT2D eigenvalue weighted by Crippen LogP contribution is -1.89. The van der Waals surface area contributed by atoms with Gasteiger partial charge >= 0.3 is 0 Å². The van der Waals surface area contributed by atoms with Crippen molar-refractivity contribution in [2.24, 2.45) is 0 Å². The second-order valence-electron chi connectivity index (χ2n) is 2.25. The average Bonchev–Trinajstić information content (AvgIpc) is 2.03. The summed E-state index contributed by atoms with van der Waals surface area (Å²) in [6.45, 7) is 0. The zero-order chi connectivity index (χ0) is 8.97. The van der Waals surface area contributed by atoms with E-state index in [1.54, 1.807) is 0 Å². The van der Waals surface area contributed by atoms with Gasteiger partial charge in [0.1, 0.15) is 5.82 Å². The normalized spacial score (nSPS) is 10.4. The molecule has 0 aliphatic heterocycles. The molecule has 0 spiro atoms. The molecule has 1 aromatic carbocycles. The Morgan fingerprint density at radius 1 is 1.33 bits per heavy atom. The quantitative estimate of drug-likeness (QED) is 0.612. The first-order chi connectivity index (χ1) is 5.68. The summed E-state index contributed by atoms with van der Waals surface area (Å²) in [6.07, 6.45) is 2.59. The van der Waals surface area contributed by atoms with E-state index in [0.717, 1.165) is 6.08 Å². The first-order valence-corrected chi connectivity index (χ1v) is 3.38. The molecule has 1 amide bonds. The van der Waals surface area contributed by atoms with Crippen LogP contribution in [0.2, 0.25) is 0 Å². The fourth-order valence-electron chi connectivity index (χ4n) is 0.746. The van der Waals surface area contributed by atoms with Crippen molar-refractivity contribution >= 4 is 12.0 Å². The SMILES string of the molecule is [NH]C(=O)C=Cc1ccc(F)cc1. The predicted molar refractivity (Wildman–Crippen MR) is 43.5 cm³/mol. The average molecular weight is 164 g/mol. The zero-order valence-electron chi connectivity index (χ0n) is 6.25. The van der Waals surface area contributed by atoms with Gasteiger partial charge in [0.25, 0.3) is 5.91 Å². The molecule has 1 radical (unpaired) electrons. The fraction of sp³-hybridized carbons (Fsp3) is 0. The molecule has 0 fully saturated rings. The molecule has 0 aromatic heterocycles. The highest BCUT2D eigenvalue weighted by atomic mass is 19.1. The van der Waals surface area contributed by atoms with E-state index in [2.05, 4.69) is 0 Å². The Labute approximate surface area is 69.5 Å². The Morgan fingerprint density at radius 3 is 2.42 bits per heavy atom. The molecule has 0 heterocycles. The summed E-state index contributed by atoms with van der Waals surface area (Å²) < 4.78 is 12.4. The minimum atomic E-state index is -0.765. The van der Waals surface area contributed by atoms with E-state index in [0.29, 0.717) is 5.56 Å². The maximum atomic E-state index is 12.4. The second kappa shape index (κ2) is 3.67. The van der Waals surface area contributed by atoms with Crippen LogP contribution < -0.4 is 5.73 Å². The summed E-state index contributed by atoms with van der Waals surface area (Å²) in [5, 5.41) is 0. The smallest absolute Gasteiger partial charge is 0.262 e. The topological polar surface area (TPSA) is 40.9 Å². The van der Waals surface area contributed by atoms with Crippen LogP contribution in [-0.4, -0.2) is 5.91 Å². The molecule has 0 unspecified atom stereocenters. The van der Waals surface area contributed by atoms with Crippen molar-refractivity contribution in [1.29, 1.82) is 0 Å². The minimum absolute atomic E-state index is 0.315. The lowest BCUT2D eigenvalue weighted by Gasteiger charge is -1.90. The molecule has 0 aliphatic carbocycles. The van der Waals surface area contributed by atoms with Gasteiger partial charge in [-0.3, -0.25) is 10.5 Å². The molecule has 0 aliphatic rings. The molecule has 1 N–H and O–H groups in total. The number of hydrogen-bond donors (Lipinski definition) is 0. The Hall–Kier alpha value is -1.64. The summed E-state index contributed by atoms with van der Waals surface area (Å²) in [6, 6.07) is 5.67. The van der Waals surface area contributed by atoms with Crippen molar-refractivity contribution < 1.29 is 9.18 Å². The van der Waals surface area contributed by atoms with E-state index in [4.69, 9.17) is 5.73 Å². The monoisotopic (exact) mass is 164 g/mol. The van der Waals surface area contributed by atoms with Crippen molar-refractivity contribution in [1.82, 2.24) is 5.73 Å². The fourth-order valence-corrected chi connectivity index (χ4v) is 0.746. The van der Waals surface area contributed by atoms with Gasteiger partial charge < -0.3 is 0 Å². The Balaban J connectivity index is 2.77. The van der Waals surface area contributed by atoms with E-state index < -0.39 is 5.91 Å². The molecule has 61 valence electrons. The number of halogens is 1. The van der Waals surface area contributed by atoms with Crippen molar-refractivity contribution in [2.75, 3.05) is 0 Å². The number of carbonyl (C=O) groups excluding carboxylic acids is 1. The number of nitrogens with one attached hydrogen (secondary N) is 1. The lowest BCUT2D eigenvalue weighted by molar-refractivity contribution is -0.114. The van der Waals surface area contributed by atoms with E-state index in [9.17, 15) is 9.18 Å². The molecule has 1 rings (SSSR count). The number of benzene rings is 1. The lowest BCUT2D eigenvalue weighted by atomic mass is 10.2. The van der Waals surface area contributed by atoms with E-state index in [1.807, 2.05) is 0 Å². The van der Waals surface area contributed by atoms with Gasteiger partial charge in [0.2, 0.25) is 0 Å². The van der Waals surface area contributed by atoms with E-state index in [-0.39, 0.29) is 5.82 Å². The van der Waals surface area contributed by atoms with Crippen LogP contribution in [0.4, 0.5) is 4.39 Å². The van der Waals surface area contributed by atoms with Crippen LogP contribution >= 0.6 is 0 Å². The number of amides is 1. The van der Waals surface area contributed by atoms with Crippen LogP contribution in [0.1, 0.15) is 5.56 Å². The van der Waals surface area contributed by atoms with Crippen molar-refractivity contribution in [3.8, 4) is 0 Å². The van der Waals surface area contributed by atoms with Crippen LogP contribution in [0.3, 0.4) is 0 Å². The summed E-state index contributed by atoms with van der Waals surface area (Å²) >= 11 is 0. The van der Waals surface area contributed by atoms with Crippen LogP contribution in [-0.2, 0) is 4.79 Å². The van der Waals surface area contributed by atoms with Gasteiger partial charge in [-0.15, -0.1) is 0 Å². The van der Waals surface area contributed by atoms with Gasteiger partial charge in [0, 0.05) is 6.08 Å². The molecule has 0 atom stereocenters. The van der Waals surface area contributed by atoms with Gasteiger partial charge in [-0.1, -0.05) is 12.1 Å². The van der Waals surface area contributed by atoms with Gasteiger partial charge in [0.05, 0.1) is 0 Å². The highest BCUT2D eigenvalue weighted by molar-refractivity contribution is 5.89. The van der Waals surface area contributed by atoms with Crippen molar-refractivity contribution in [2.45, 2.75) is 0 Å². The van der Waals surface area contributed by atoms with E-state index >= 15 is 0 Å². The summed E-state index contributed by atoms with van der Waals surface area (Å²) in [7, 11) is 0. The summed E-state index contributed by atoms with van der Waals surface area (Å²) in [5.74, 6) is -1.08. The Morgan fingerprint density at radius 2 is 1.92 bits per heavy atom. The Kier molecular flexibility index (Phi) is 2.58. The van der Waals surface area contributed by atoms with Crippen LogP contribution in [0.25, 0.3) is 6.08 Å². The Bertz CT molecular complexity index is 303. The van der Waals surface area contributed by atoms with Crippen LogP contribution in [0, 0.1) is 5.82 Å².